The molecule has 1 aromatic rings. The van der Waals surface area contributed by atoms with E-state index in [0.29, 0.717) is 17.3 Å². The summed E-state index contributed by atoms with van der Waals surface area (Å²) in [5.74, 6) is 1.00. The third-order valence-electron chi connectivity index (χ3n) is 3.06. The number of methoxy groups -OCH3 is 1. The molecule has 1 aliphatic heterocycles. The van der Waals surface area contributed by atoms with Crippen LogP contribution < -0.4 is 5.32 Å². The first-order valence-corrected chi connectivity index (χ1v) is 6.15. The van der Waals surface area contributed by atoms with E-state index < -0.39 is 0 Å². The third-order valence-corrected chi connectivity index (χ3v) is 3.06. The van der Waals surface area contributed by atoms with E-state index in [2.05, 4.69) is 15.0 Å². The normalized spacial score (nSPS) is 18.6. The van der Waals surface area contributed by atoms with Gasteiger partial charge in [0.25, 0.3) is 0 Å². The monoisotopic (exact) mass is 250 g/mol. The second-order valence-corrected chi connectivity index (χ2v) is 4.37. The zero-order chi connectivity index (χ0) is 12.8. The van der Waals surface area contributed by atoms with Crippen molar-refractivity contribution in [3.05, 3.63) is 23.9 Å². The molecule has 2 rings (SSSR count). The van der Waals surface area contributed by atoms with Crippen molar-refractivity contribution in [2.24, 2.45) is 5.92 Å². The summed E-state index contributed by atoms with van der Waals surface area (Å²) < 4.78 is 9.99. The van der Waals surface area contributed by atoms with E-state index in [-0.39, 0.29) is 5.97 Å². The van der Waals surface area contributed by atoms with Gasteiger partial charge in [0.15, 0.2) is 0 Å². The maximum absolute atomic E-state index is 11.4. The molecule has 18 heavy (non-hydrogen) atoms. The fourth-order valence-corrected chi connectivity index (χ4v) is 1.99. The van der Waals surface area contributed by atoms with Gasteiger partial charge in [-0.25, -0.2) is 9.78 Å². The number of anilines is 1. The van der Waals surface area contributed by atoms with E-state index >= 15 is 0 Å². The van der Waals surface area contributed by atoms with Gasteiger partial charge in [0.1, 0.15) is 5.82 Å². The first-order valence-electron chi connectivity index (χ1n) is 6.15. The van der Waals surface area contributed by atoms with E-state index in [1.807, 2.05) is 0 Å². The van der Waals surface area contributed by atoms with Crippen molar-refractivity contribution in [1.29, 1.82) is 0 Å². The number of nitrogens with one attached hydrogen (secondary N) is 1. The summed E-state index contributed by atoms with van der Waals surface area (Å²) >= 11 is 0. The first kappa shape index (κ1) is 12.8. The molecule has 0 radical (unpaired) electrons. The van der Waals surface area contributed by atoms with Gasteiger partial charge in [-0.2, -0.15) is 0 Å². The summed E-state index contributed by atoms with van der Waals surface area (Å²) in [4.78, 5) is 15.5. The van der Waals surface area contributed by atoms with Crippen LogP contribution in [0.25, 0.3) is 0 Å². The molecule has 0 bridgehead atoms. The highest BCUT2D eigenvalue weighted by Crippen LogP contribution is 2.16. The molecule has 0 saturated carbocycles. The number of nitrogens with zero attached hydrogens (tertiary/aromatic N) is 1. The van der Waals surface area contributed by atoms with Crippen LogP contribution in [0.15, 0.2) is 18.3 Å². The number of carbonyl (C=O) groups excluding carboxylic acids is 1. The summed E-state index contributed by atoms with van der Waals surface area (Å²) in [7, 11) is 1.37. The number of esters is 1. The number of rotatable bonds is 5. The molecule has 1 unspecified atom stereocenters. The van der Waals surface area contributed by atoms with Crippen LogP contribution in [0.2, 0.25) is 0 Å². The molecule has 0 amide bonds. The number of hydrogen-bond acceptors (Lipinski definition) is 5. The minimum Gasteiger partial charge on any atom is -0.465 e. The van der Waals surface area contributed by atoms with E-state index in [9.17, 15) is 4.79 Å². The Bertz CT molecular complexity index is 403. The van der Waals surface area contributed by atoms with Crippen LogP contribution >= 0.6 is 0 Å². The predicted octanol–water partition coefficient (Wildman–Crippen LogP) is 1.71. The van der Waals surface area contributed by atoms with E-state index in [4.69, 9.17) is 4.74 Å². The van der Waals surface area contributed by atoms with Crippen molar-refractivity contribution >= 4 is 11.8 Å². The molecule has 5 heteroatoms. The molecule has 1 aromatic heterocycles. The maximum Gasteiger partial charge on any atom is 0.338 e. The summed E-state index contributed by atoms with van der Waals surface area (Å²) in [6.45, 7) is 2.57. The molecule has 1 atom stereocenters. The van der Waals surface area contributed by atoms with Gasteiger partial charge in [-0.05, 0) is 30.9 Å². The Morgan fingerprint density at radius 2 is 2.56 bits per heavy atom. The van der Waals surface area contributed by atoms with Gasteiger partial charge < -0.3 is 14.8 Å². The standard InChI is InChI=1S/C13H18N2O3/c1-17-13(16)11-3-6-15-12(8-11)14-5-2-10-4-7-18-9-10/h3,6,8,10H,2,4-5,7,9H2,1H3,(H,14,15). The van der Waals surface area contributed by atoms with Crippen LogP contribution in [-0.4, -0.2) is 37.8 Å². The number of ether oxygens (including phenoxy) is 2. The average Bonchev–Trinajstić information content (AvgIpc) is 2.91. The van der Waals surface area contributed by atoms with Crippen LogP contribution in [0.4, 0.5) is 5.82 Å². The molecule has 1 aliphatic rings. The van der Waals surface area contributed by atoms with E-state index in [1.165, 1.54) is 7.11 Å². The molecular formula is C13H18N2O3. The third kappa shape index (κ3) is 3.43. The molecule has 0 aromatic carbocycles. The molecule has 0 spiro atoms. The molecule has 0 aliphatic carbocycles. The van der Waals surface area contributed by atoms with Gasteiger partial charge in [0, 0.05) is 26.0 Å². The Morgan fingerprint density at radius 1 is 1.67 bits per heavy atom. The fourth-order valence-electron chi connectivity index (χ4n) is 1.99. The fraction of sp³-hybridized carbons (Fsp3) is 0.538. The Balaban J connectivity index is 1.83. The first-order chi connectivity index (χ1) is 8.79. The van der Waals surface area contributed by atoms with Gasteiger partial charge in [-0.1, -0.05) is 0 Å². The predicted molar refractivity (Wildman–Crippen MR) is 67.6 cm³/mol. The van der Waals surface area contributed by atoms with E-state index in [1.54, 1.807) is 18.3 Å². The number of aromatic nitrogens is 1. The van der Waals surface area contributed by atoms with Crippen LogP contribution in [0, 0.1) is 5.92 Å². The second-order valence-electron chi connectivity index (χ2n) is 4.37. The van der Waals surface area contributed by atoms with Crippen molar-refractivity contribution in [3.63, 3.8) is 0 Å². The van der Waals surface area contributed by atoms with Gasteiger partial charge in [-0.15, -0.1) is 0 Å². The molecule has 1 N–H and O–H groups in total. The average molecular weight is 250 g/mol. The highest BCUT2D eigenvalue weighted by molar-refractivity contribution is 5.89. The van der Waals surface area contributed by atoms with Crippen molar-refractivity contribution in [3.8, 4) is 0 Å². The lowest BCUT2D eigenvalue weighted by atomic mass is 10.1. The Kier molecular flexibility index (Phi) is 4.52. The number of carbonyl (C=O) groups is 1. The second kappa shape index (κ2) is 6.35. The van der Waals surface area contributed by atoms with Crippen molar-refractivity contribution in [1.82, 2.24) is 4.98 Å². The van der Waals surface area contributed by atoms with Crippen LogP contribution in [0.5, 0.6) is 0 Å². The molecule has 1 saturated heterocycles. The topological polar surface area (TPSA) is 60.5 Å². The van der Waals surface area contributed by atoms with Crippen molar-refractivity contribution < 1.29 is 14.3 Å². The van der Waals surface area contributed by atoms with Gasteiger partial charge in [-0.3, -0.25) is 0 Å². The molecular weight excluding hydrogens is 232 g/mol. The van der Waals surface area contributed by atoms with Crippen molar-refractivity contribution in [2.75, 3.05) is 32.2 Å². The maximum atomic E-state index is 11.4. The lowest BCUT2D eigenvalue weighted by Gasteiger charge is -2.09. The number of hydrogen-bond donors (Lipinski definition) is 1. The summed E-state index contributed by atoms with van der Waals surface area (Å²) in [6.07, 6.45) is 3.80. The lowest BCUT2D eigenvalue weighted by Crippen LogP contribution is -2.10. The smallest absolute Gasteiger partial charge is 0.338 e. The highest BCUT2D eigenvalue weighted by Gasteiger charge is 2.14. The molecule has 2 heterocycles. The van der Waals surface area contributed by atoms with Gasteiger partial charge in [0.05, 0.1) is 12.7 Å². The van der Waals surface area contributed by atoms with Crippen LogP contribution in [-0.2, 0) is 9.47 Å². The summed E-state index contributed by atoms with van der Waals surface area (Å²) in [6, 6.07) is 3.35. The SMILES string of the molecule is COC(=O)c1ccnc(NCCC2CCOC2)c1. The number of pyridine rings is 1. The largest absolute Gasteiger partial charge is 0.465 e. The van der Waals surface area contributed by atoms with Crippen LogP contribution in [0.3, 0.4) is 0 Å². The zero-order valence-electron chi connectivity index (χ0n) is 10.5. The molecule has 5 nitrogen and oxygen atoms in total. The summed E-state index contributed by atoms with van der Waals surface area (Å²) in [5, 5.41) is 3.22. The van der Waals surface area contributed by atoms with Gasteiger partial charge >= 0.3 is 5.97 Å². The Morgan fingerprint density at radius 3 is 3.28 bits per heavy atom. The summed E-state index contributed by atoms with van der Waals surface area (Å²) in [5.41, 5.74) is 0.513. The zero-order valence-corrected chi connectivity index (χ0v) is 10.5. The van der Waals surface area contributed by atoms with E-state index in [0.717, 1.165) is 32.6 Å². The van der Waals surface area contributed by atoms with Crippen molar-refractivity contribution in [2.45, 2.75) is 12.8 Å². The Hall–Kier alpha value is -1.62. The molecule has 98 valence electrons. The molecule has 1 fully saturated rings. The van der Waals surface area contributed by atoms with Gasteiger partial charge in [0.2, 0.25) is 0 Å². The quantitative estimate of drug-likeness (QED) is 0.806. The lowest BCUT2D eigenvalue weighted by molar-refractivity contribution is 0.0600. The Labute approximate surface area is 107 Å². The highest BCUT2D eigenvalue weighted by atomic mass is 16.5. The van der Waals surface area contributed by atoms with Crippen LogP contribution in [0.1, 0.15) is 23.2 Å². The minimum atomic E-state index is -0.343. The minimum absolute atomic E-state index is 0.343.